The minimum atomic E-state index is -3.88. The van der Waals surface area contributed by atoms with Gasteiger partial charge in [0, 0.05) is 18.1 Å². The molecule has 0 saturated carbocycles. The summed E-state index contributed by atoms with van der Waals surface area (Å²) < 4.78 is 28.3. The molecule has 0 spiro atoms. The van der Waals surface area contributed by atoms with Crippen LogP contribution in [0.1, 0.15) is 38.3 Å². The highest BCUT2D eigenvalue weighted by atomic mass is 32.2. The molecule has 0 saturated heterocycles. The topological polar surface area (TPSA) is 56.1 Å². The predicted octanol–water partition coefficient (Wildman–Crippen LogP) is 4.37. The third kappa shape index (κ3) is 3.56. The Bertz CT molecular complexity index is 1130. The predicted molar refractivity (Wildman–Crippen MR) is 109 cm³/mol. The Balaban J connectivity index is 2.28. The molecule has 27 heavy (non-hydrogen) atoms. The smallest absolute Gasteiger partial charge is 0.211 e. The maximum atomic E-state index is 13.2. The first kappa shape index (κ1) is 19.4. The fraction of sp³-hybridized carbons (Fsp3) is 0.318. The lowest BCUT2D eigenvalue weighted by Crippen LogP contribution is -2.19. The molecule has 2 aromatic carbocycles. The summed E-state index contributed by atoms with van der Waals surface area (Å²) in [6.45, 7) is 6.71. The molecule has 0 fully saturated rings. The zero-order chi connectivity index (χ0) is 19.6. The summed E-state index contributed by atoms with van der Waals surface area (Å²) in [5, 5.41) is 0.467. The zero-order valence-electron chi connectivity index (χ0n) is 16.0. The fourth-order valence-electron chi connectivity index (χ4n) is 3.29. The molecular weight excluding hydrogens is 358 g/mol. The van der Waals surface area contributed by atoms with Crippen LogP contribution in [0.3, 0.4) is 0 Å². The van der Waals surface area contributed by atoms with Crippen molar-refractivity contribution in [2.24, 2.45) is 0 Å². The molecule has 0 aliphatic carbocycles. The van der Waals surface area contributed by atoms with E-state index in [0.29, 0.717) is 11.9 Å². The van der Waals surface area contributed by atoms with Gasteiger partial charge in [0.15, 0.2) is 0 Å². The average Bonchev–Trinajstić information content (AvgIpc) is 2.69. The van der Waals surface area contributed by atoms with Gasteiger partial charge in [-0.25, -0.2) is 8.42 Å². The van der Waals surface area contributed by atoms with Gasteiger partial charge in [0.2, 0.25) is 15.3 Å². The summed E-state index contributed by atoms with van der Waals surface area (Å²) >= 11 is 0. The van der Waals surface area contributed by atoms with Gasteiger partial charge in [0.1, 0.15) is 4.90 Å². The highest BCUT2D eigenvalue weighted by molar-refractivity contribution is 7.91. The summed E-state index contributed by atoms with van der Waals surface area (Å²) in [5.74, 6) is 0. The second-order valence-corrected chi connectivity index (χ2v) is 8.64. The molecule has 1 heterocycles. The Morgan fingerprint density at radius 2 is 1.52 bits per heavy atom. The van der Waals surface area contributed by atoms with E-state index < -0.39 is 15.3 Å². The van der Waals surface area contributed by atoms with Crippen LogP contribution < -0.4 is 5.43 Å². The lowest BCUT2D eigenvalue weighted by molar-refractivity contribution is 0.592. The number of fused-ring (bicyclic) bond motifs is 1. The molecule has 0 radical (unpaired) electrons. The zero-order valence-corrected chi connectivity index (χ0v) is 16.8. The van der Waals surface area contributed by atoms with Gasteiger partial charge >= 0.3 is 0 Å². The maximum Gasteiger partial charge on any atom is 0.211 e. The monoisotopic (exact) mass is 383 g/mol. The van der Waals surface area contributed by atoms with E-state index in [4.69, 9.17) is 0 Å². The Hall–Kier alpha value is -2.40. The van der Waals surface area contributed by atoms with Crippen LogP contribution in [0, 0.1) is 0 Å². The first-order chi connectivity index (χ1) is 12.9. The van der Waals surface area contributed by atoms with Gasteiger partial charge in [-0.05, 0) is 54.7 Å². The van der Waals surface area contributed by atoms with Crippen LogP contribution in [0.5, 0.6) is 0 Å². The summed E-state index contributed by atoms with van der Waals surface area (Å²) in [4.78, 5) is 13.1. The van der Waals surface area contributed by atoms with Crippen LogP contribution in [-0.2, 0) is 29.2 Å². The molecule has 0 atom stereocenters. The fourth-order valence-corrected chi connectivity index (χ4v) is 4.65. The Morgan fingerprint density at radius 1 is 0.889 bits per heavy atom. The van der Waals surface area contributed by atoms with Crippen molar-refractivity contribution >= 4 is 20.7 Å². The molecule has 3 aromatic rings. The molecule has 3 rings (SSSR count). The van der Waals surface area contributed by atoms with Crippen LogP contribution in [-0.4, -0.2) is 13.0 Å². The number of sulfone groups is 1. The lowest BCUT2D eigenvalue weighted by Gasteiger charge is -2.14. The molecule has 0 unspecified atom stereocenters. The van der Waals surface area contributed by atoms with E-state index in [1.807, 2.05) is 43.5 Å². The van der Waals surface area contributed by atoms with E-state index >= 15 is 0 Å². The minimum absolute atomic E-state index is 0.152. The van der Waals surface area contributed by atoms with Crippen molar-refractivity contribution < 1.29 is 8.42 Å². The largest absolute Gasteiger partial charge is 0.346 e. The highest BCUT2D eigenvalue weighted by Gasteiger charge is 2.23. The second-order valence-electron chi connectivity index (χ2n) is 6.72. The van der Waals surface area contributed by atoms with Crippen molar-refractivity contribution in [1.29, 1.82) is 0 Å². The van der Waals surface area contributed by atoms with Crippen molar-refractivity contribution in [1.82, 2.24) is 4.57 Å². The number of rotatable bonds is 6. The van der Waals surface area contributed by atoms with E-state index in [-0.39, 0.29) is 9.79 Å². The van der Waals surface area contributed by atoms with Crippen LogP contribution >= 0.6 is 0 Å². The Labute approximate surface area is 160 Å². The van der Waals surface area contributed by atoms with Crippen molar-refractivity contribution in [3.63, 3.8) is 0 Å². The SMILES string of the molecule is CCCn1cc(S(=O)(=O)c2ccc(CC)cc2)c(=O)c2cc(CC)ccc21. The molecule has 0 aliphatic rings. The average molecular weight is 384 g/mol. The second kappa shape index (κ2) is 7.69. The third-order valence-electron chi connectivity index (χ3n) is 4.92. The van der Waals surface area contributed by atoms with Gasteiger partial charge in [-0.1, -0.05) is 39.0 Å². The van der Waals surface area contributed by atoms with E-state index in [1.165, 1.54) is 6.20 Å². The van der Waals surface area contributed by atoms with E-state index in [1.54, 1.807) is 24.3 Å². The van der Waals surface area contributed by atoms with Crippen LogP contribution in [0.15, 0.2) is 63.2 Å². The van der Waals surface area contributed by atoms with Gasteiger partial charge < -0.3 is 4.57 Å². The van der Waals surface area contributed by atoms with Gasteiger partial charge in [-0.2, -0.15) is 0 Å². The standard InChI is InChI=1S/C22H25NO3S/c1-4-13-23-15-21(22(24)19-14-17(6-3)9-12-20(19)23)27(25,26)18-10-7-16(5-2)8-11-18/h7-12,14-15H,4-6,13H2,1-3H3. The summed E-state index contributed by atoms with van der Waals surface area (Å²) in [6.07, 6.45) is 3.97. The molecule has 4 nitrogen and oxygen atoms in total. The quantitative estimate of drug-likeness (QED) is 0.635. The van der Waals surface area contributed by atoms with Gasteiger partial charge in [-0.3, -0.25) is 4.79 Å². The number of aromatic nitrogens is 1. The molecular formula is C22H25NO3S. The number of hydrogen-bond acceptors (Lipinski definition) is 3. The van der Waals surface area contributed by atoms with Crippen LogP contribution in [0.25, 0.3) is 10.9 Å². The van der Waals surface area contributed by atoms with Gasteiger partial charge in [0.25, 0.3) is 0 Å². The van der Waals surface area contributed by atoms with Crippen molar-refractivity contribution in [2.75, 3.05) is 0 Å². The molecule has 142 valence electrons. The third-order valence-corrected chi connectivity index (χ3v) is 6.68. The summed E-state index contributed by atoms with van der Waals surface area (Å²) in [5.41, 5.74) is 2.43. The molecule has 0 aliphatic heterocycles. The number of benzene rings is 2. The van der Waals surface area contributed by atoms with Gasteiger partial charge in [0.05, 0.1) is 10.4 Å². The number of pyridine rings is 1. The minimum Gasteiger partial charge on any atom is -0.346 e. The number of aryl methyl sites for hydroxylation is 3. The van der Waals surface area contributed by atoms with E-state index in [2.05, 4.69) is 0 Å². The lowest BCUT2D eigenvalue weighted by atomic mass is 10.1. The molecule has 1 aromatic heterocycles. The van der Waals surface area contributed by atoms with Crippen molar-refractivity contribution in [2.45, 2.75) is 56.4 Å². The molecule has 0 bridgehead atoms. The molecule has 5 heteroatoms. The first-order valence-electron chi connectivity index (χ1n) is 9.42. The van der Waals surface area contributed by atoms with E-state index in [9.17, 15) is 13.2 Å². The maximum absolute atomic E-state index is 13.2. The van der Waals surface area contributed by atoms with Crippen molar-refractivity contribution in [3.8, 4) is 0 Å². The van der Waals surface area contributed by atoms with Crippen molar-refractivity contribution in [3.05, 3.63) is 70.0 Å². The summed E-state index contributed by atoms with van der Waals surface area (Å²) in [7, 11) is -3.88. The van der Waals surface area contributed by atoms with Crippen LogP contribution in [0.4, 0.5) is 0 Å². The van der Waals surface area contributed by atoms with E-state index in [0.717, 1.165) is 35.9 Å². The summed E-state index contributed by atoms with van der Waals surface area (Å²) in [6, 6.07) is 12.5. The Kier molecular flexibility index (Phi) is 5.51. The normalized spacial score (nSPS) is 11.8. The van der Waals surface area contributed by atoms with Crippen LogP contribution in [0.2, 0.25) is 0 Å². The first-order valence-corrected chi connectivity index (χ1v) is 10.9. The highest BCUT2D eigenvalue weighted by Crippen LogP contribution is 2.23. The number of hydrogen-bond donors (Lipinski definition) is 0. The molecule has 0 amide bonds. The number of nitrogens with zero attached hydrogens (tertiary/aromatic N) is 1. The van der Waals surface area contributed by atoms with Gasteiger partial charge in [-0.15, -0.1) is 0 Å². The Morgan fingerprint density at radius 3 is 2.11 bits per heavy atom. The molecule has 0 N–H and O–H groups in total.